The molecule has 1 saturated heterocycles. The number of thioether (sulfide) groups is 1. The third kappa shape index (κ3) is 2.39. The minimum Gasteiger partial charge on any atom is -0.274 e. The molecule has 0 bridgehead atoms. The first-order chi connectivity index (χ1) is 7.27. The maximum Gasteiger partial charge on any atom is 0.288 e. The lowest BCUT2D eigenvalue weighted by molar-refractivity contribution is -0.128. The van der Waals surface area contributed by atoms with E-state index < -0.39 is 0 Å². The Bertz CT molecular complexity index is 361. The fourth-order valence-corrected chi connectivity index (χ4v) is 2.23. The van der Waals surface area contributed by atoms with Gasteiger partial charge in [-0.2, -0.15) is 0 Å². The van der Waals surface area contributed by atoms with Crippen molar-refractivity contribution in [2.24, 2.45) is 0 Å². The van der Waals surface area contributed by atoms with Gasteiger partial charge < -0.3 is 0 Å². The molecule has 1 heterocycles. The molecule has 1 aliphatic rings. The van der Waals surface area contributed by atoms with E-state index >= 15 is 0 Å². The fraction of sp³-hybridized carbons (Fsp3) is 0.273. The molecule has 2 rings (SSSR count). The largest absolute Gasteiger partial charge is 0.288 e. The first-order valence-electron chi connectivity index (χ1n) is 4.78. The predicted octanol–water partition coefficient (Wildman–Crippen LogP) is 2.27. The molecule has 0 aliphatic carbocycles. The van der Waals surface area contributed by atoms with Crippen LogP contribution in [0, 0.1) is 0 Å². The highest BCUT2D eigenvalue weighted by atomic mass is 32.2. The summed E-state index contributed by atoms with van der Waals surface area (Å²) in [4.78, 5) is 24.3. The van der Waals surface area contributed by atoms with E-state index in [4.69, 9.17) is 0 Å². The summed E-state index contributed by atoms with van der Waals surface area (Å²) in [5.74, 6) is 0.547. The van der Waals surface area contributed by atoms with Crippen LogP contribution < -0.4 is 0 Å². The van der Waals surface area contributed by atoms with Crippen molar-refractivity contribution in [3.63, 3.8) is 0 Å². The molecule has 0 unspecified atom stereocenters. The lowest BCUT2D eigenvalue weighted by atomic mass is 10.2. The molecule has 0 aromatic heterocycles. The van der Waals surface area contributed by atoms with Crippen LogP contribution in [0.5, 0.6) is 0 Å². The number of nitrogens with zero attached hydrogens (tertiary/aromatic N) is 1. The molecule has 1 aromatic rings. The SMILES string of the molecule is O=C1CCSC(=O)N1Cc1ccccc1. The number of rotatable bonds is 2. The van der Waals surface area contributed by atoms with Crippen molar-refractivity contribution in [2.45, 2.75) is 13.0 Å². The monoisotopic (exact) mass is 221 g/mol. The summed E-state index contributed by atoms with van der Waals surface area (Å²) in [5.41, 5.74) is 0.988. The molecule has 1 fully saturated rings. The van der Waals surface area contributed by atoms with Crippen LogP contribution in [0.4, 0.5) is 4.79 Å². The van der Waals surface area contributed by atoms with Gasteiger partial charge in [0.1, 0.15) is 0 Å². The zero-order chi connectivity index (χ0) is 10.7. The lowest BCUT2D eigenvalue weighted by Gasteiger charge is -2.23. The van der Waals surface area contributed by atoms with Gasteiger partial charge in [0.15, 0.2) is 0 Å². The zero-order valence-electron chi connectivity index (χ0n) is 8.18. The van der Waals surface area contributed by atoms with Crippen molar-refractivity contribution in [3.8, 4) is 0 Å². The first-order valence-corrected chi connectivity index (χ1v) is 5.77. The van der Waals surface area contributed by atoms with E-state index in [1.807, 2.05) is 30.3 Å². The second kappa shape index (κ2) is 4.49. The normalized spacial score (nSPS) is 16.9. The van der Waals surface area contributed by atoms with Crippen LogP contribution in [-0.2, 0) is 11.3 Å². The molecule has 0 radical (unpaired) electrons. The van der Waals surface area contributed by atoms with Gasteiger partial charge in [-0.3, -0.25) is 14.5 Å². The molecule has 0 atom stereocenters. The van der Waals surface area contributed by atoms with Crippen LogP contribution >= 0.6 is 11.8 Å². The summed E-state index contributed by atoms with van der Waals surface area (Å²) in [7, 11) is 0. The Morgan fingerprint density at radius 2 is 1.93 bits per heavy atom. The Kier molecular flexibility index (Phi) is 3.06. The number of carbonyl (C=O) groups is 2. The zero-order valence-corrected chi connectivity index (χ0v) is 9.00. The number of imide groups is 1. The summed E-state index contributed by atoms with van der Waals surface area (Å²) < 4.78 is 0. The summed E-state index contributed by atoms with van der Waals surface area (Å²) in [6.45, 7) is 0.394. The van der Waals surface area contributed by atoms with Crippen LogP contribution in [0.1, 0.15) is 12.0 Å². The average Bonchev–Trinajstić information content (AvgIpc) is 2.25. The van der Waals surface area contributed by atoms with E-state index in [0.29, 0.717) is 18.7 Å². The van der Waals surface area contributed by atoms with Crippen molar-refractivity contribution in [1.82, 2.24) is 4.90 Å². The van der Waals surface area contributed by atoms with Crippen LogP contribution in [-0.4, -0.2) is 21.8 Å². The minimum absolute atomic E-state index is 0.0670. The van der Waals surface area contributed by atoms with Crippen molar-refractivity contribution in [2.75, 3.05) is 5.75 Å². The highest BCUT2D eigenvalue weighted by molar-refractivity contribution is 8.13. The lowest BCUT2D eigenvalue weighted by Crippen LogP contribution is -2.37. The second-order valence-electron chi connectivity index (χ2n) is 3.33. The van der Waals surface area contributed by atoms with E-state index in [1.54, 1.807) is 0 Å². The van der Waals surface area contributed by atoms with Gasteiger partial charge in [-0.25, -0.2) is 0 Å². The molecule has 0 N–H and O–H groups in total. The van der Waals surface area contributed by atoms with E-state index in [0.717, 1.165) is 5.56 Å². The van der Waals surface area contributed by atoms with Gasteiger partial charge in [-0.05, 0) is 5.56 Å². The number of benzene rings is 1. The quantitative estimate of drug-likeness (QED) is 0.768. The van der Waals surface area contributed by atoms with Gasteiger partial charge in [0.05, 0.1) is 6.54 Å². The van der Waals surface area contributed by atoms with Gasteiger partial charge in [0, 0.05) is 12.2 Å². The maximum atomic E-state index is 11.5. The molecule has 78 valence electrons. The Hall–Kier alpha value is -1.29. The molecule has 1 aliphatic heterocycles. The van der Waals surface area contributed by atoms with Gasteiger partial charge in [-0.15, -0.1) is 0 Å². The summed E-state index contributed by atoms with van der Waals surface area (Å²) in [6.07, 6.45) is 0.462. The van der Waals surface area contributed by atoms with Crippen molar-refractivity contribution < 1.29 is 9.59 Å². The van der Waals surface area contributed by atoms with Crippen molar-refractivity contribution in [3.05, 3.63) is 35.9 Å². The third-order valence-corrected chi connectivity index (χ3v) is 3.12. The Morgan fingerprint density at radius 3 is 2.60 bits per heavy atom. The highest BCUT2D eigenvalue weighted by Crippen LogP contribution is 2.20. The maximum absolute atomic E-state index is 11.5. The van der Waals surface area contributed by atoms with Crippen molar-refractivity contribution >= 4 is 22.9 Å². The van der Waals surface area contributed by atoms with Gasteiger partial charge in [0.25, 0.3) is 5.24 Å². The molecule has 2 amide bonds. The van der Waals surface area contributed by atoms with Crippen molar-refractivity contribution in [1.29, 1.82) is 0 Å². The molecule has 4 heteroatoms. The number of amides is 2. The highest BCUT2D eigenvalue weighted by Gasteiger charge is 2.26. The van der Waals surface area contributed by atoms with Gasteiger partial charge in [0.2, 0.25) is 5.91 Å². The Morgan fingerprint density at radius 1 is 1.20 bits per heavy atom. The van der Waals surface area contributed by atoms with Gasteiger partial charge >= 0.3 is 0 Å². The van der Waals surface area contributed by atoms with Crippen LogP contribution in [0.25, 0.3) is 0 Å². The molecule has 0 spiro atoms. The smallest absolute Gasteiger partial charge is 0.274 e. The van der Waals surface area contributed by atoms with E-state index in [9.17, 15) is 9.59 Å². The summed E-state index contributed by atoms with van der Waals surface area (Å²) in [5, 5.41) is -0.130. The van der Waals surface area contributed by atoms with Gasteiger partial charge in [-0.1, -0.05) is 42.1 Å². The molecular weight excluding hydrogens is 210 g/mol. The van der Waals surface area contributed by atoms with E-state index in [2.05, 4.69) is 0 Å². The number of carbonyl (C=O) groups excluding carboxylic acids is 2. The molecular formula is C11H11NO2S. The second-order valence-corrected chi connectivity index (χ2v) is 4.38. The molecule has 1 aromatic carbocycles. The standard InChI is InChI=1S/C11H11NO2S/c13-10-6-7-15-11(14)12(10)8-9-4-2-1-3-5-9/h1-5H,6-8H2. The Balaban J connectivity index is 2.10. The average molecular weight is 221 g/mol. The molecule has 15 heavy (non-hydrogen) atoms. The van der Waals surface area contributed by atoms with Crippen LogP contribution in [0.15, 0.2) is 30.3 Å². The Labute approximate surface area is 92.5 Å². The number of hydrogen-bond donors (Lipinski definition) is 0. The number of hydrogen-bond acceptors (Lipinski definition) is 3. The summed E-state index contributed by atoms with van der Waals surface area (Å²) in [6, 6.07) is 9.56. The van der Waals surface area contributed by atoms with Crippen LogP contribution in [0.3, 0.4) is 0 Å². The molecule has 3 nitrogen and oxygen atoms in total. The summed E-state index contributed by atoms with van der Waals surface area (Å²) >= 11 is 1.22. The minimum atomic E-state index is -0.130. The predicted molar refractivity (Wildman–Crippen MR) is 59.5 cm³/mol. The van der Waals surface area contributed by atoms with E-state index in [1.165, 1.54) is 16.7 Å². The fourth-order valence-electron chi connectivity index (χ4n) is 1.46. The van der Waals surface area contributed by atoms with E-state index in [-0.39, 0.29) is 11.1 Å². The third-order valence-electron chi connectivity index (χ3n) is 2.25. The molecule has 0 saturated carbocycles. The topological polar surface area (TPSA) is 37.4 Å². The first kappa shape index (κ1) is 10.2. The van der Waals surface area contributed by atoms with Crippen LogP contribution in [0.2, 0.25) is 0 Å².